The lowest BCUT2D eigenvalue weighted by Crippen LogP contribution is -2.42. The largest absolute Gasteiger partial charge is 0.550 e. The zero-order chi connectivity index (χ0) is 21.3. The molecule has 0 aliphatic heterocycles. The zero-order valence-corrected chi connectivity index (χ0v) is 18.4. The van der Waals surface area contributed by atoms with E-state index in [1.165, 1.54) is 18.4 Å². The van der Waals surface area contributed by atoms with E-state index in [0.29, 0.717) is 29.3 Å². The molecule has 1 aromatic rings. The molecule has 3 rings (SSSR count). The number of nitrogens with one attached hydrogen (secondary N) is 1. The Kier molecular flexibility index (Phi) is 6.36. The number of anilines is 1. The molecule has 2 aliphatic rings. The van der Waals surface area contributed by atoms with Gasteiger partial charge in [0.05, 0.1) is 12.7 Å². The van der Waals surface area contributed by atoms with Crippen LogP contribution in [0.2, 0.25) is 0 Å². The van der Waals surface area contributed by atoms with Crippen molar-refractivity contribution in [2.75, 3.05) is 12.4 Å². The number of carboxylic acid groups (broad SMARTS) is 1. The van der Waals surface area contributed by atoms with E-state index in [0.717, 1.165) is 42.5 Å². The smallest absolute Gasteiger partial charge is 0.341 e. The Balaban J connectivity index is 1.89. The summed E-state index contributed by atoms with van der Waals surface area (Å²) in [5, 5.41) is 14.8. The van der Waals surface area contributed by atoms with Crippen molar-refractivity contribution in [3.63, 3.8) is 0 Å². The first-order chi connectivity index (χ1) is 13.6. The Labute approximate surface area is 176 Å². The number of thiophene rings is 1. The summed E-state index contributed by atoms with van der Waals surface area (Å²) in [6.45, 7) is 6.68. The number of rotatable bonds is 4. The average molecular weight is 421 g/mol. The molecule has 7 heteroatoms. The van der Waals surface area contributed by atoms with Gasteiger partial charge in [0, 0.05) is 22.7 Å². The minimum Gasteiger partial charge on any atom is -0.550 e. The van der Waals surface area contributed by atoms with Gasteiger partial charge < -0.3 is 20.0 Å². The molecule has 1 aromatic heterocycles. The molecular weight excluding hydrogens is 390 g/mol. The van der Waals surface area contributed by atoms with Gasteiger partial charge in [-0.3, -0.25) is 4.79 Å². The first-order valence-corrected chi connectivity index (χ1v) is 11.2. The molecule has 1 saturated carbocycles. The van der Waals surface area contributed by atoms with Crippen molar-refractivity contribution in [2.24, 2.45) is 23.2 Å². The van der Waals surface area contributed by atoms with Gasteiger partial charge in [0.1, 0.15) is 5.00 Å². The van der Waals surface area contributed by atoms with E-state index in [1.807, 2.05) is 0 Å². The monoisotopic (exact) mass is 420 g/mol. The fraction of sp³-hybridized carbons (Fsp3) is 0.682. The maximum atomic E-state index is 12.9. The molecule has 2 aliphatic carbocycles. The van der Waals surface area contributed by atoms with Crippen LogP contribution < -0.4 is 10.4 Å². The van der Waals surface area contributed by atoms with E-state index >= 15 is 0 Å². The van der Waals surface area contributed by atoms with Gasteiger partial charge in [-0.25, -0.2) is 4.79 Å². The number of esters is 1. The summed E-state index contributed by atoms with van der Waals surface area (Å²) in [7, 11) is 1.34. The van der Waals surface area contributed by atoms with E-state index in [9.17, 15) is 19.5 Å². The number of carboxylic acids is 1. The quantitative estimate of drug-likeness (QED) is 0.755. The molecule has 0 unspecified atom stereocenters. The van der Waals surface area contributed by atoms with E-state index < -0.39 is 23.8 Å². The number of hydrogen-bond donors (Lipinski definition) is 1. The fourth-order valence-electron chi connectivity index (χ4n) is 4.66. The van der Waals surface area contributed by atoms with Crippen LogP contribution >= 0.6 is 11.3 Å². The van der Waals surface area contributed by atoms with Gasteiger partial charge >= 0.3 is 5.97 Å². The lowest BCUT2D eigenvalue weighted by Gasteiger charge is -2.33. The Morgan fingerprint density at radius 3 is 2.34 bits per heavy atom. The van der Waals surface area contributed by atoms with Crippen molar-refractivity contribution in [1.29, 1.82) is 0 Å². The predicted octanol–water partition coefficient (Wildman–Crippen LogP) is 3.18. The van der Waals surface area contributed by atoms with Crippen LogP contribution in [0.25, 0.3) is 0 Å². The van der Waals surface area contributed by atoms with Crippen LogP contribution in [-0.4, -0.2) is 25.0 Å². The SMILES string of the molecule is COC(=O)c1c(NC(=O)[C@H]2CCCC[C@@H]2C(=O)[O-])sc2c1CC[C@H](C(C)(C)C)C2. The van der Waals surface area contributed by atoms with Crippen LogP contribution in [0.4, 0.5) is 5.00 Å². The molecular formula is C22H30NO5S-. The van der Waals surface area contributed by atoms with Gasteiger partial charge in [-0.05, 0) is 49.0 Å². The van der Waals surface area contributed by atoms with Gasteiger partial charge in [0.25, 0.3) is 0 Å². The zero-order valence-electron chi connectivity index (χ0n) is 17.6. The number of methoxy groups -OCH3 is 1. The highest BCUT2D eigenvalue weighted by Gasteiger charge is 2.36. The molecule has 3 atom stereocenters. The van der Waals surface area contributed by atoms with E-state index in [1.54, 1.807) is 0 Å². The number of amides is 1. The molecule has 0 saturated heterocycles. The molecule has 1 amide bonds. The normalized spacial score (nSPS) is 24.5. The lowest BCUT2D eigenvalue weighted by atomic mass is 9.72. The standard InChI is InChI=1S/C22H31NO5S/c1-22(2,3)12-9-10-15-16(11-12)29-19(17(15)21(27)28-4)23-18(24)13-7-5-6-8-14(13)20(25)26/h12-14H,5-11H2,1-4H3,(H,23,24)(H,25,26)/p-1/t12-,13-,14-/m0/s1. The molecule has 160 valence electrons. The van der Waals surface area contributed by atoms with Crippen molar-refractivity contribution >= 4 is 34.2 Å². The van der Waals surface area contributed by atoms with E-state index in [2.05, 4.69) is 26.1 Å². The molecule has 1 fully saturated rings. The van der Waals surface area contributed by atoms with E-state index in [4.69, 9.17) is 4.74 Å². The Bertz CT molecular complexity index is 807. The van der Waals surface area contributed by atoms with Gasteiger partial charge in [0.15, 0.2) is 0 Å². The van der Waals surface area contributed by atoms with Crippen LogP contribution in [0.1, 0.15) is 73.7 Å². The number of carbonyl (C=O) groups excluding carboxylic acids is 3. The summed E-state index contributed by atoms with van der Waals surface area (Å²) >= 11 is 1.43. The topological polar surface area (TPSA) is 95.5 Å². The maximum absolute atomic E-state index is 12.9. The second-order valence-corrected chi connectivity index (χ2v) is 10.4. The van der Waals surface area contributed by atoms with Crippen molar-refractivity contribution in [3.05, 3.63) is 16.0 Å². The van der Waals surface area contributed by atoms with E-state index in [-0.39, 0.29) is 11.3 Å². The van der Waals surface area contributed by atoms with Crippen LogP contribution in [0.15, 0.2) is 0 Å². The second-order valence-electron chi connectivity index (χ2n) is 9.31. The Hall–Kier alpha value is -1.89. The minimum absolute atomic E-state index is 0.167. The van der Waals surface area contributed by atoms with Gasteiger partial charge in [0.2, 0.25) is 5.91 Å². The van der Waals surface area contributed by atoms with Crippen LogP contribution in [-0.2, 0) is 27.2 Å². The van der Waals surface area contributed by atoms with Crippen LogP contribution in [0.5, 0.6) is 0 Å². The number of ether oxygens (including phenoxy) is 1. The lowest BCUT2D eigenvalue weighted by molar-refractivity contribution is -0.313. The average Bonchev–Trinajstić information content (AvgIpc) is 3.03. The summed E-state index contributed by atoms with van der Waals surface area (Å²) < 4.78 is 4.99. The molecule has 1 heterocycles. The fourth-order valence-corrected chi connectivity index (χ4v) is 5.98. The van der Waals surface area contributed by atoms with Crippen molar-refractivity contribution < 1.29 is 24.2 Å². The van der Waals surface area contributed by atoms with Gasteiger partial charge in [-0.1, -0.05) is 33.6 Å². The van der Waals surface area contributed by atoms with Gasteiger partial charge in [-0.15, -0.1) is 11.3 Å². The number of carbonyl (C=O) groups is 3. The van der Waals surface area contributed by atoms with Crippen molar-refractivity contribution in [3.8, 4) is 0 Å². The van der Waals surface area contributed by atoms with Crippen LogP contribution in [0, 0.1) is 23.2 Å². The highest BCUT2D eigenvalue weighted by molar-refractivity contribution is 7.17. The molecule has 0 radical (unpaired) electrons. The second kappa shape index (κ2) is 8.46. The third kappa shape index (κ3) is 4.49. The summed E-state index contributed by atoms with van der Waals surface area (Å²) in [5.74, 6) is -2.85. The molecule has 29 heavy (non-hydrogen) atoms. The molecule has 1 N–H and O–H groups in total. The third-order valence-electron chi connectivity index (χ3n) is 6.52. The third-order valence-corrected chi connectivity index (χ3v) is 7.69. The summed E-state index contributed by atoms with van der Waals surface area (Å²) in [5.41, 5.74) is 1.58. The summed E-state index contributed by atoms with van der Waals surface area (Å²) in [6, 6.07) is 0. The number of hydrogen-bond acceptors (Lipinski definition) is 6. The van der Waals surface area contributed by atoms with Crippen LogP contribution in [0.3, 0.4) is 0 Å². The highest BCUT2D eigenvalue weighted by Crippen LogP contribution is 2.45. The first-order valence-electron chi connectivity index (χ1n) is 10.4. The van der Waals surface area contributed by atoms with Gasteiger partial charge in [-0.2, -0.15) is 0 Å². The highest BCUT2D eigenvalue weighted by atomic mass is 32.1. The van der Waals surface area contributed by atoms with Crippen molar-refractivity contribution in [2.45, 2.75) is 65.7 Å². The number of fused-ring (bicyclic) bond motifs is 1. The molecule has 0 aromatic carbocycles. The molecule has 0 bridgehead atoms. The summed E-state index contributed by atoms with van der Waals surface area (Å²) in [6.07, 6.45) is 5.22. The molecule has 0 spiro atoms. The maximum Gasteiger partial charge on any atom is 0.341 e. The Morgan fingerprint density at radius 2 is 1.76 bits per heavy atom. The Morgan fingerprint density at radius 1 is 1.10 bits per heavy atom. The van der Waals surface area contributed by atoms with Crippen molar-refractivity contribution in [1.82, 2.24) is 0 Å². The minimum atomic E-state index is -1.17. The number of aliphatic carboxylic acids is 1. The molecule has 6 nitrogen and oxygen atoms in total. The summed E-state index contributed by atoms with van der Waals surface area (Å²) in [4.78, 5) is 38.0. The predicted molar refractivity (Wildman–Crippen MR) is 110 cm³/mol. The first kappa shape index (κ1) is 21.8.